The summed E-state index contributed by atoms with van der Waals surface area (Å²) in [5.74, 6) is 1.97. The van der Waals surface area contributed by atoms with Crippen molar-refractivity contribution in [2.45, 2.75) is 38.1 Å². The first kappa shape index (κ1) is 15.5. The van der Waals surface area contributed by atoms with Crippen LogP contribution in [0.15, 0.2) is 24.5 Å². The summed E-state index contributed by atoms with van der Waals surface area (Å²) in [7, 11) is 4.35. The van der Waals surface area contributed by atoms with E-state index in [0.717, 1.165) is 43.1 Å². The number of likely N-dealkylation sites (N-methyl/N-ethyl adjacent to an activating group) is 1. The van der Waals surface area contributed by atoms with E-state index < -0.39 is 0 Å². The van der Waals surface area contributed by atoms with Crippen LogP contribution < -0.4 is 4.90 Å². The Hall–Kier alpha value is -2.01. The summed E-state index contributed by atoms with van der Waals surface area (Å²) in [6.45, 7) is 4.43. The van der Waals surface area contributed by atoms with Crippen molar-refractivity contribution in [3.63, 3.8) is 0 Å². The normalized spacial score (nSPS) is 23.1. The van der Waals surface area contributed by atoms with Crippen molar-refractivity contribution in [3.8, 4) is 11.4 Å². The largest absolute Gasteiger partial charge is 0.354 e. The first-order valence-corrected chi connectivity index (χ1v) is 8.79. The Morgan fingerprint density at radius 2 is 2.08 bits per heavy atom. The minimum absolute atomic E-state index is 0.213. The van der Waals surface area contributed by atoms with Gasteiger partial charge in [0.25, 0.3) is 0 Å². The smallest absolute Gasteiger partial charge is 0.163 e. The molecule has 2 aromatic heterocycles. The van der Waals surface area contributed by atoms with Crippen LogP contribution in [0, 0.1) is 0 Å². The quantitative estimate of drug-likeness (QED) is 0.868. The molecule has 5 heteroatoms. The molecule has 1 aliphatic carbocycles. The lowest BCUT2D eigenvalue weighted by atomic mass is 10.0. The predicted octanol–water partition coefficient (Wildman–Crippen LogP) is 2.56. The fourth-order valence-corrected chi connectivity index (χ4v) is 3.79. The van der Waals surface area contributed by atoms with Crippen LogP contribution in [0.4, 0.5) is 5.82 Å². The summed E-state index contributed by atoms with van der Waals surface area (Å²) in [5.41, 5.74) is 3.82. The standard InChI is InChI=1S/C19H25N5/c1-19(23(2)3)9-11-24(13-19)18-15-7-4-8-16(15)21-17(22-18)14-6-5-10-20-12-14/h5-6,10,12H,4,7-9,11,13H2,1-3H3. The van der Waals surface area contributed by atoms with E-state index in [0.29, 0.717) is 0 Å². The Morgan fingerprint density at radius 1 is 1.21 bits per heavy atom. The second kappa shape index (κ2) is 5.81. The van der Waals surface area contributed by atoms with Crippen LogP contribution in [0.2, 0.25) is 0 Å². The van der Waals surface area contributed by atoms with E-state index in [2.05, 4.69) is 35.8 Å². The third-order valence-electron chi connectivity index (χ3n) is 5.66. The Labute approximate surface area is 143 Å². The lowest BCUT2D eigenvalue weighted by Crippen LogP contribution is -2.43. The zero-order valence-corrected chi connectivity index (χ0v) is 14.8. The molecule has 1 aliphatic heterocycles. The van der Waals surface area contributed by atoms with Crippen molar-refractivity contribution < 1.29 is 0 Å². The van der Waals surface area contributed by atoms with E-state index in [1.807, 2.05) is 18.3 Å². The molecule has 0 radical (unpaired) electrons. The van der Waals surface area contributed by atoms with Crippen LogP contribution in [0.3, 0.4) is 0 Å². The maximum absolute atomic E-state index is 4.98. The van der Waals surface area contributed by atoms with Gasteiger partial charge in [-0.3, -0.25) is 4.98 Å². The SMILES string of the molecule is CN(C)C1(C)CCN(c2nc(-c3cccnc3)nc3c2CCC3)C1. The highest BCUT2D eigenvalue weighted by Gasteiger charge is 2.37. The number of fused-ring (bicyclic) bond motifs is 1. The zero-order valence-electron chi connectivity index (χ0n) is 14.8. The number of hydrogen-bond donors (Lipinski definition) is 0. The molecular formula is C19H25N5. The topological polar surface area (TPSA) is 45.2 Å². The summed E-state index contributed by atoms with van der Waals surface area (Å²) in [5, 5.41) is 0. The fourth-order valence-electron chi connectivity index (χ4n) is 3.79. The maximum Gasteiger partial charge on any atom is 0.163 e. The highest BCUT2D eigenvalue weighted by atomic mass is 15.3. The summed E-state index contributed by atoms with van der Waals surface area (Å²) >= 11 is 0. The first-order chi connectivity index (χ1) is 11.6. The molecule has 0 N–H and O–H groups in total. The van der Waals surface area contributed by atoms with Gasteiger partial charge in [-0.25, -0.2) is 9.97 Å². The molecule has 1 fully saturated rings. The molecule has 126 valence electrons. The van der Waals surface area contributed by atoms with Gasteiger partial charge in [0.2, 0.25) is 0 Å². The summed E-state index contributed by atoms with van der Waals surface area (Å²) < 4.78 is 0. The molecular weight excluding hydrogens is 298 g/mol. The molecule has 4 rings (SSSR count). The van der Waals surface area contributed by atoms with Crippen molar-refractivity contribution >= 4 is 5.82 Å². The number of aromatic nitrogens is 3. The van der Waals surface area contributed by atoms with Gasteiger partial charge in [-0.1, -0.05) is 0 Å². The fraction of sp³-hybridized carbons (Fsp3) is 0.526. The number of aryl methyl sites for hydroxylation is 1. The van der Waals surface area contributed by atoms with Gasteiger partial charge in [0.1, 0.15) is 5.82 Å². The first-order valence-electron chi connectivity index (χ1n) is 8.79. The van der Waals surface area contributed by atoms with Crippen LogP contribution >= 0.6 is 0 Å². The van der Waals surface area contributed by atoms with Gasteiger partial charge in [-0.15, -0.1) is 0 Å². The van der Waals surface area contributed by atoms with E-state index in [9.17, 15) is 0 Å². The maximum atomic E-state index is 4.98. The van der Waals surface area contributed by atoms with Gasteiger partial charge in [-0.2, -0.15) is 0 Å². The molecule has 2 aromatic rings. The predicted molar refractivity (Wildman–Crippen MR) is 96.2 cm³/mol. The molecule has 3 heterocycles. The van der Waals surface area contributed by atoms with Gasteiger partial charge >= 0.3 is 0 Å². The minimum Gasteiger partial charge on any atom is -0.354 e. The second-order valence-corrected chi connectivity index (χ2v) is 7.45. The summed E-state index contributed by atoms with van der Waals surface area (Å²) in [4.78, 5) is 18.9. The third kappa shape index (κ3) is 2.57. The zero-order chi connectivity index (χ0) is 16.7. The number of rotatable bonds is 3. The van der Waals surface area contributed by atoms with Crippen LogP contribution in [-0.2, 0) is 12.8 Å². The van der Waals surface area contributed by atoms with Crippen molar-refractivity contribution in [2.75, 3.05) is 32.1 Å². The van der Waals surface area contributed by atoms with E-state index in [1.54, 1.807) is 6.20 Å². The molecule has 2 aliphatic rings. The summed E-state index contributed by atoms with van der Waals surface area (Å²) in [6.07, 6.45) is 8.17. The van der Waals surface area contributed by atoms with Gasteiger partial charge in [0.05, 0.1) is 0 Å². The molecule has 24 heavy (non-hydrogen) atoms. The Morgan fingerprint density at radius 3 is 2.79 bits per heavy atom. The molecule has 5 nitrogen and oxygen atoms in total. The van der Waals surface area contributed by atoms with E-state index in [-0.39, 0.29) is 5.54 Å². The van der Waals surface area contributed by atoms with Crippen LogP contribution in [0.25, 0.3) is 11.4 Å². The highest BCUT2D eigenvalue weighted by Crippen LogP contribution is 2.35. The number of pyridine rings is 1. The molecule has 0 bridgehead atoms. The van der Waals surface area contributed by atoms with Crippen molar-refractivity contribution in [3.05, 3.63) is 35.8 Å². The molecule has 0 spiro atoms. The second-order valence-electron chi connectivity index (χ2n) is 7.45. The van der Waals surface area contributed by atoms with Crippen LogP contribution in [-0.4, -0.2) is 52.6 Å². The average molecular weight is 323 g/mol. The average Bonchev–Trinajstić information content (AvgIpc) is 3.22. The monoisotopic (exact) mass is 323 g/mol. The molecule has 1 saturated heterocycles. The third-order valence-corrected chi connectivity index (χ3v) is 5.66. The lowest BCUT2D eigenvalue weighted by Gasteiger charge is -2.32. The Balaban J connectivity index is 1.75. The van der Waals surface area contributed by atoms with E-state index in [1.165, 1.54) is 24.1 Å². The molecule has 1 unspecified atom stereocenters. The number of anilines is 1. The van der Waals surface area contributed by atoms with Crippen molar-refractivity contribution in [1.29, 1.82) is 0 Å². The molecule has 0 amide bonds. The van der Waals surface area contributed by atoms with E-state index >= 15 is 0 Å². The Kier molecular flexibility index (Phi) is 3.76. The Bertz CT molecular complexity index is 743. The van der Waals surface area contributed by atoms with Crippen LogP contribution in [0.5, 0.6) is 0 Å². The minimum atomic E-state index is 0.213. The van der Waals surface area contributed by atoms with Gasteiger partial charge in [-0.05, 0) is 58.8 Å². The van der Waals surface area contributed by atoms with Gasteiger partial charge in [0.15, 0.2) is 5.82 Å². The lowest BCUT2D eigenvalue weighted by molar-refractivity contribution is 0.198. The van der Waals surface area contributed by atoms with Crippen molar-refractivity contribution in [2.24, 2.45) is 0 Å². The molecule has 1 atom stereocenters. The highest BCUT2D eigenvalue weighted by molar-refractivity contribution is 5.61. The van der Waals surface area contributed by atoms with Gasteiger partial charge in [0, 0.05) is 47.8 Å². The van der Waals surface area contributed by atoms with Gasteiger partial charge < -0.3 is 9.80 Å². The molecule has 0 saturated carbocycles. The van der Waals surface area contributed by atoms with E-state index in [4.69, 9.17) is 9.97 Å². The van der Waals surface area contributed by atoms with Crippen LogP contribution in [0.1, 0.15) is 31.0 Å². The number of hydrogen-bond acceptors (Lipinski definition) is 5. The molecule has 0 aromatic carbocycles. The number of nitrogens with zero attached hydrogens (tertiary/aromatic N) is 5. The van der Waals surface area contributed by atoms with Crippen molar-refractivity contribution in [1.82, 2.24) is 19.9 Å². The summed E-state index contributed by atoms with van der Waals surface area (Å²) in [6, 6.07) is 3.99.